The molecule has 1 amide bonds. The molecule has 1 aliphatic heterocycles. The Labute approximate surface area is 206 Å². The lowest BCUT2D eigenvalue weighted by Gasteiger charge is -2.21. The molecule has 0 fully saturated rings. The van der Waals surface area contributed by atoms with E-state index in [0.717, 1.165) is 15.8 Å². The third-order valence-electron chi connectivity index (χ3n) is 5.15. The van der Waals surface area contributed by atoms with Gasteiger partial charge >= 0.3 is 11.9 Å². The molecule has 36 heavy (non-hydrogen) atoms. The van der Waals surface area contributed by atoms with E-state index in [9.17, 15) is 14.7 Å². The molecule has 3 N–H and O–H groups in total. The van der Waals surface area contributed by atoms with Gasteiger partial charge in [0.15, 0.2) is 16.7 Å². The van der Waals surface area contributed by atoms with Crippen LogP contribution >= 0.6 is 11.3 Å². The van der Waals surface area contributed by atoms with Crippen LogP contribution in [0.3, 0.4) is 0 Å². The van der Waals surface area contributed by atoms with Crippen LogP contribution in [0.15, 0.2) is 68.9 Å². The molecule has 11 nitrogen and oxygen atoms in total. The highest BCUT2D eigenvalue weighted by Gasteiger charge is 2.48. The molecule has 184 valence electrons. The van der Waals surface area contributed by atoms with Gasteiger partial charge in [-0.05, 0) is 55.8 Å². The average Bonchev–Trinajstić information content (AvgIpc) is 3.61. The van der Waals surface area contributed by atoms with Gasteiger partial charge in [-0.25, -0.2) is 14.6 Å². The number of Topliss-reactive ketones (excluding diaryl/α,β-unsaturated/α-hetero) is 1. The van der Waals surface area contributed by atoms with E-state index in [1.807, 2.05) is 25.1 Å². The number of aromatic nitrogens is 1. The van der Waals surface area contributed by atoms with Crippen LogP contribution in [0.25, 0.3) is 10.2 Å². The molecule has 0 saturated carbocycles. The molecule has 0 aliphatic carbocycles. The Balaban J connectivity index is 0.000000455. The smallest absolute Gasteiger partial charge is 0.414 e. The molecule has 0 radical (unpaired) electrons. The molecule has 1 unspecified atom stereocenters. The molecule has 4 heterocycles. The van der Waals surface area contributed by atoms with Crippen LogP contribution in [0, 0.1) is 13.8 Å². The summed E-state index contributed by atoms with van der Waals surface area (Å²) >= 11 is 1.31. The summed E-state index contributed by atoms with van der Waals surface area (Å²) in [6, 6.07) is 11.3. The fourth-order valence-corrected chi connectivity index (χ4v) is 4.66. The zero-order valence-electron chi connectivity index (χ0n) is 18.8. The number of aliphatic hydroxyl groups is 1. The SMILES string of the molecule is Cc1ccc2nc(N3C(=O)C(O)=C(C(=O)c4ccco4)C3c3ccc(C)o3)sc2c1.O=C(O)C(=O)O. The van der Waals surface area contributed by atoms with Gasteiger partial charge in [0.25, 0.3) is 5.91 Å². The largest absolute Gasteiger partial charge is 0.503 e. The van der Waals surface area contributed by atoms with Crippen molar-refractivity contribution in [3.05, 3.63) is 82.9 Å². The van der Waals surface area contributed by atoms with E-state index in [1.54, 1.807) is 25.1 Å². The first-order chi connectivity index (χ1) is 17.1. The standard InChI is InChI=1S/C22H16N2O5S.C2H2O4/c1-11-5-7-13-16(10-11)30-22(23-13)24-18(14-8-6-12(2)29-14)17(20(26)21(24)27)19(25)15-4-3-9-28-15;3-1(4)2(5)6/h3-10,18,26H,1-2H3;(H,3,4)(H,5,6). The molecule has 0 spiro atoms. The highest BCUT2D eigenvalue weighted by Crippen LogP contribution is 2.44. The number of fused-ring (bicyclic) bond motifs is 1. The first-order valence-corrected chi connectivity index (χ1v) is 11.1. The number of nitrogens with zero attached hydrogens (tertiary/aromatic N) is 2. The Bertz CT molecular complexity index is 1520. The van der Waals surface area contributed by atoms with Crippen molar-refractivity contribution in [2.24, 2.45) is 0 Å². The Morgan fingerprint density at radius 3 is 2.36 bits per heavy atom. The molecular formula is C24H18N2O9S. The van der Waals surface area contributed by atoms with Gasteiger partial charge in [-0.3, -0.25) is 14.5 Å². The molecule has 1 atom stereocenters. The minimum atomic E-state index is -1.82. The quantitative estimate of drug-likeness (QED) is 0.269. The number of thiazole rings is 1. The van der Waals surface area contributed by atoms with Crippen LogP contribution in [-0.4, -0.2) is 43.9 Å². The number of aryl methyl sites for hydroxylation is 2. The molecule has 12 heteroatoms. The first-order valence-electron chi connectivity index (χ1n) is 10.3. The lowest BCUT2D eigenvalue weighted by Crippen LogP contribution is -2.30. The third kappa shape index (κ3) is 4.49. The third-order valence-corrected chi connectivity index (χ3v) is 6.17. The second-order valence-electron chi connectivity index (χ2n) is 7.67. The summed E-state index contributed by atoms with van der Waals surface area (Å²) in [6.45, 7) is 3.74. The van der Waals surface area contributed by atoms with Crippen molar-refractivity contribution in [3.63, 3.8) is 0 Å². The van der Waals surface area contributed by atoms with Crippen LogP contribution in [0.2, 0.25) is 0 Å². The molecule has 0 bridgehead atoms. The number of ketones is 1. The zero-order chi connectivity index (χ0) is 26.1. The number of rotatable bonds is 4. The Hall–Kier alpha value is -4.71. The van der Waals surface area contributed by atoms with Crippen LogP contribution in [-0.2, 0) is 14.4 Å². The topological polar surface area (TPSA) is 171 Å². The van der Waals surface area contributed by atoms with E-state index >= 15 is 0 Å². The predicted octanol–water partition coefficient (Wildman–Crippen LogP) is 4.04. The lowest BCUT2D eigenvalue weighted by molar-refractivity contribution is -0.159. The highest BCUT2D eigenvalue weighted by molar-refractivity contribution is 7.22. The van der Waals surface area contributed by atoms with E-state index in [0.29, 0.717) is 16.7 Å². The van der Waals surface area contributed by atoms with E-state index in [-0.39, 0.29) is 11.3 Å². The monoisotopic (exact) mass is 510 g/mol. The van der Waals surface area contributed by atoms with Crippen molar-refractivity contribution in [3.8, 4) is 0 Å². The van der Waals surface area contributed by atoms with E-state index in [1.165, 1.54) is 28.6 Å². The number of benzene rings is 1. The van der Waals surface area contributed by atoms with Gasteiger partial charge in [-0.2, -0.15) is 0 Å². The molecule has 1 aliphatic rings. The van der Waals surface area contributed by atoms with Crippen molar-refractivity contribution < 1.29 is 43.3 Å². The summed E-state index contributed by atoms with van der Waals surface area (Å²) in [5, 5.41) is 25.8. The van der Waals surface area contributed by atoms with Crippen molar-refractivity contribution >= 4 is 50.3 Å². The van der Waals surface area contributed by atoms with Gasteiger partial charge in [-0.15, -0.1) is 0 Å². The summed E-state index contributed by atoms with van der Waals surface area (Å²) < 4.78 is 11.9. The number of carboxylic acids is 2. The number of furan rings is 2. The summed E-state index contributed by atoms with van der Waals surface area (Å²) in [5.74, 6) is -4.57. The van der Waals surface area contributed by atoms with Crippen molar-refractivity contribution in [2.75, 3.05) is 4.90 Å². The molecule has 1 aromatic carbocycles. The second-order valence-corrected chi connectivity index (χ2v) is 8.68. The Kier molecular flexibility index (Phi) is 6.45. The Morgan fingerprint density at radius 2 is 1.78 bits per heavy atom. The minimum Gasteiger partial charge on any atom is -0.503 e. The number of aliphatic carboxylic acids is 2. The average molecular weight is 510 g/mol. The maximum Gasteiger partial charge on any atom is 0.414 e. The van der Waals surface area contributed by atoms with Gasteiger partial charge in [0.2, 0.25) is 5.78 Å². The van der Waals surface area contributed by atoms with Crippen LogP contribution in [0.1, 0.15) is 33.7 Å². The van der Waals surface area contributed by atoms with E-state index in [4.69, 9.17) is 28.6 Å². The molecule has 5 rings (SSSR count). The molecule has 3 aromatic heterocycles. The van der Waals surface area contributed by atoms with Crippen LogP contribution in [0.4, 0.5) is 5.13 Å². The first kappa shape index (κ1) is 24.4. The number of carbonyl (C=O) groups excluding carboxylic acids is 2. The van der Waals surface area contributed by atoms with E-state index < -0.39 is 35.4 Å². The maximum absolute atomic E-state index is 13.1. The van der Waals surface area contributed by atoms with E-state index in [2.05, 4.69) is 4.98 Å². The number of carboxylic acid groups (broad SMARTS) is 2. The minimum absolute atomic E-state index is 0.0272. The number of hydrogen-bond donors (Lipinski definition) is 3. The normalized spacial score (nSPS) is 15.2. The van der Waals surface area contributed by atoms with Crippen molar-refractivity contribution in [2.45, 2.75) is 19.9 Å². The van der Waals surface area contributed by atoms with Gasteiger partial charge < -0.3 is 24.2 Å². The van der Waals surface area contributed by atoms with Crippen LogP contribution < -0.4 is 4.90 Å². The second kappa shape index (κ2) is 9.50. The fourth-order valence-electron chi connectivity index (χ4n) is 3.57. The zero-order valence-corrected chi connectivity index (χ0v) is 19.6. The number of anilines is 1. The highest BCUT2D eigenvalue weighted by atomic mass is 32.1. The summed E-state index contributed by atoms with van der Waals surface area (Å²) in [7, 11) is 0. The summed E-state index contributed by atoms with van der Waals surface area (Å²) in [4.78, 5) is 50.3. The van der Waals surface area contributed by atoms with Gasteiger partial charge in [0.05, 0.1) is 22.1 Å². The molecule has 4 aromatic rings. The Morgan fingerprint density at radius 1 is 1.06 bits per heavy atom. The summed E-state index contributed by atoms with van der Waals surface area (Å²) in [6.07, 6.45) is 1.36. The number of aliphatic hydroxyl groups excluding tert-OH is 1. The maximum atomic E-state index is 13.1. The van der Waals surface area contributed by atoms with Crippen molar-refractivity contribution in [1.29, 1.82) is 0 Å². The van der Waals surface area contributed by atoms with Gasteiger partial charge in [0.1, 0.15) is 17.6 Å². The molecular weight excluding hydrogens is 492 g/mol. The molecule has 0 saturated heterocycles. The van der Waals surface area contributed by atoms with Gasteiger partial charge in [-0.1, -0.05) is 17.4 Å². The number of amides is 1. The van der Waals surface area contributed by atoms with Gasteiger partial charge in [0, 0.05) is 0 Å². The summed E-state index contributed by atoms with van der Waals surface area (Å²) in [5.41, 5.74) is 1.70. The number of carbonyl (C=O) groups is 4. The fraction of sp³-hybridized carbons (Fsp3) is 0.125. The van der Waals surface area contributed by atoms with Crippen molar-refractivity contribution in [1.82, 2.24) is 4.98 Å². The predicted molar refractivity (Wildman–Crippen MR) is 126 cm³/mol. The van der Waals surface area contributed by atoms with Crippen LogP contribution in [0.5, 0.6) is 0 Å². The lowest BCUT2D eigenvalue weighted by atomic mass is 10.00. The number of hydrogen-bond acceptors (Lipinski definition) is 9.